The zero-order chi connectivity index (χ0) is 20.3. The lowest BCUT2D eigenvalue weighted by atomic mass is 9.97. The van der Waals surface area contributed by atoms with E-state index >= 15 is 0 Å². The molecule has 28 heavy (non-hydrogen) atoms. The third-order valence-electron chi connectivity index (χ3n) is 5.12. The first-order valence-electron chi connectivity index (χ1n) is 9.12. The molecule has 2 heterocycles. The van der Waals surface area contributed by atoms with Gasteiger partial charge < -0.3 is 19.6 Å². The molecule has 0 aliphatic carbocycles. The largest absolute Gasteiger partial charge is 0.481 e. The summed E-state index contributed by atoms with van der Waals surface area (Å²) < 4.78 is 5.49. The van der Waals surface area contributed by atoms with Gasteiger partial charge in [0.15, 0.2) is 0 Å². The fourth-order valence-corrected chi connectivity index (χ4v) is 3.48. The summed E-state index contributed by atoms with van der Waals surface area (Å²) in [5.41, 5.74) is 5.15. The Bertz CT molecular complexity index is 911. The average molecular weight is 383 g/mol. The summed E-state index contributed by atoms with van der Waals surface area (Å²) in [5.74, 6) is 0.122. The Hall–Kier alpha value is -2.93. The van der Waals surface area contributed by atoms with Gasteiger partial charge in [-0.3, -0.25) is 4.79 Å². The molecule has 3 rings (SSSR count). The van der Waals surface area contributed by atoms with Crippen LogP contribution in [-0.4, -0.2) is 60.0 Å². The van der Waals surface area contributed by atoms with Crippen molar-refractivity contribution in [3.63, 3.8) is 0 Å². The summed E-state index contributed by atoms with van der Waals surface area (Å²) in [5, 5.41) is 13.6. The molecular formula is C21H25N3O4. The van der Waals surface area contributed by atoms with Gasteiger partial charge in [0.2, 0.25) is 5.88 Å². The summed E-state index contributed by atoms with van der Waals surface area (Å²) in [4.78, 5) is 23.8. The predicted octanol–water partition coefficient (Wildman–Crippen LogP) is 2.58. The van der Waals surface area contributed by atoms with Crippen LogP contribution in [0, 0.1) is 13.8 Å². The normalized spacial score (nSPS) is 17.8. The molecule has 1 saturated heterocycles. The number of hydrogen-bond donors (Lipinski definition) is 1. The zero-order valence-corrected chi connectivity index (χ0v) is 16.6. The summed E-state index contributed by atoms with van der Waals surface area (Å²) in [6.45, 7) is 4.26. The molecule has 1 N–H and O–H groups in total. The highest BCUT2D eigenvalue weighted by atomic mass is 16.6. The third kappa shape index (κ3) is 3.71. The molecule has 148 valence electrons. The van der Waals surface area contributed by atoms with E-state index in [2.05, 4.69) is 30.1 Å². The fraction of sp³-hybridized carbons (Fsp3) is 0.381. The van der Waals surface area contributed by atoms with E-state index in [0.29, 0.717) is 24.6 Å². The van der Waals surface area contributed by atoms with Crippen molar-refractivity contribution >= 4 is 11.6 Å². The number of hydrogen-bond acceptors (Lipinski definition) is 6. The molecule has 1 amide bonds. The first kappa shape index (κ1) is 19.8. The van der Waals surface area contributed by atoms with E-state index in [0.717, 1.165) is 16.7 Å². The maximum atomic E-state index is 13.0. The molecule has 0 bridgehead atoms. The molecule has 1 aromatic heterocycles. The number of methoxy groups -OCH3 is 1. The number of aryl methyl sites for hydroxylation is 1. The minimum Gasteiger partial charge on any atom is -0.481 e. The highest BCUT2D eigenvalue weighted by Crippen LogP contribution is 2.32. The molecule has 1 fully saturated rings. The van der Waals surface area contributed by atoms with Gasteiger partial charge in [0.1, 0.15) is 12.8 Å². The number of likely N-dealkylation sites (tertiary alicyclic amines) is 1. The number of carbonyl (C=O) groups is 1. The zero-order valence-electron chi connectivity index (χ0n) is 16.6. The minimum atomic E-state index is -0.340. The van der Waals surface area contributed by atoms with Crippen molar-refractivity contribution in [2.75, 3.05) is 27.4 Å². The number of rotatable bonds is 5. The van der Waals surface area contributed by atoms with Crippen LogP contribution in [-0.2, 0) is 4.84 Å². The number of oxime groups is 1. The van der Waals surface area contributed by atoms with Crippen LogP contribution in [0.1, 0.15) is 28.0 Å². The van der Waals surface area contributed by atoms with Crippen molar-refractivity contribution < 1.29 is 19.5 Å². The van der Waals surface area contributed by atoms with Gasteiger partial charge in [0.05, 0.1) is 32.0 Å². The summed E-state index contributed by atoms with van der Waals surface area (Å²) in [7, 11) is 3.00. The van der Waals surface area contributed by atoms with Crippen LogP contribution in [0.5, 0.6) is 5.88 Å². The van der Waals surface area contributed by atoms with Crippen molar-refractivity contribution in [1.29, 1.82) is 0 Å². The van der Waals surface area contributed by atoms with Crippen LogP contribution in [0.3, 0.4) is 0 Å². The van der Waals surface area contributed by atoms with Gasteiger partial charge in [-0.05, 0) is 42.7 Å². The van der Waals surface area contributed by atoms with Gasteiger partial charge in [0, 0.05) is 12.0 Å². The van der Waals surface area contributed by atoms with Crippen molar-refractivity contribution in [3.05, 3.63) is 47.2 Å². The van der Waals surface area contributed by atoms with Gasteiger partial charge in [-0.1, -0.05) is 23.4 Å². The molecule has 0 radical (unpaired) electrons. The summed E-state index contributed by atoms with van der Waals surface area (Å²) in [6.07, 6.45) is 0.480. The number of aliphatic hydroxyl groups is 1. The number of amides is 1. The van der Waals surface area contributed by atoms with Crippen LogP contribution in [0.25, 0.3) is 11.1 Å². The van der Waals surface area contributed by atoms with Gasteiger partial charge in [-0.25, -0.2) is 4.98 Å². The standard InChI is InChI=1S/C21H25N3O4/c1-13-6-5-7-17(14(13)2)18-8-9-19(22-20(18)27-3)21(26)24-11-15(23-28-4)10-16(24)12-25/h5-9,16,25H,10-12H2,1-4H3. The molecule has 7 nitrogen and oxygen atoms in total. The predicted molar refractivity (Wildman–Crippen MR) is 107 cm³/mol. The van der Waals surface area contributed by atoms with Crippen LogP contribution in [0.4, 0.5) is 0 Å². The highest BCUT2D eigenvalue weighted by Gasteiger charge is 2.34. The third-order valence-corrected chi connectivity index (χ3v) is 5.12. The number of nitrogens with zero attached hydrogens (tertiary/aromatic N) is 3. The van der Waals surface area contributed by atoms with Crippen molar-refractivity contribution in [3.8, 4) is 17.0 Å². The monoisotopic (exact) mass is 383 g/mol. The molecule has 1 aliphatic rings. The summed E-state index contributed by atoms with van der Waals surface area (Å²) >= 11 is 0. The van der Waals surface area contributed by atoms with Crippen molar-refractivity contribution in [2.45, 2.75) is 26.3 Å². The molecule has 7 heteroatoms. The number of aromatic nitrogens is 1. The van der Waals surface area contributed by atoms with Gasteiger partial charge in [-0.2, -0.15) is 0 Å². The Morgan fingerprint density at radius 2 is 2.04 bits per heavy atom. The Labute approximate surface area is 164 Å². The minimum absolute atomic E-state index is 0.147. The first-order valence-corrected chi connectivity index (χ1v) is 9.12. The molecule has 0 saturated carbocycles. The van der Waals surface area contributed by atoms with Crippen LogP contribution in [0.15, 0.2) is 35.5 Å². The lowest BCUT2D eigenvalue weighted by molar-refractivity contribution is 0.0673. The maximum Gasteiger partial charge on any atom is 0.273 e. The second-order valence-electron chi connectivity index (χ2n) is 6.81. The molecular weight excluding hydrogens is 358 g/mol. The number of benzene rings is 1. The SMILES string of the molecule is CON=C1CC(CO)N(C(=O)c2ccc(-c3cccc(C)c3C)c(OC)n2)C1. The Morgan fingerprint density at radius 3 is 2.71 bits per heavy atom. The fourth-order valence-electron chi connectivity index (χ4n) is 3.48. The number of ether oxygens (including phenoxy) is 1. The molecule has 2 aromatic rings. The average Bonchev–Trinajstić information content (AvgIpc) is 3.12. The van der Waals surface area contributed by atoms with Gasteiger partial charge in [-0.15, -0.1) is 0 Å². The lowest BCUT2D eigenvalue weighted by Crippen LogP contribution is -2.38. The molecule has 1 aliphatic heterocycles. The Morgan fingerprint density at radius 1 is 1.25 bits per heavy atom. The Kier molecular flexibility index (Phi) is 5.94. The number of carbonyl (C=O) groups excluding carboxylic acids is 1. The second-order valence-corrected chi connectivity index (χ2v) is 6.81. The summed E-state index contributed by atoms with van der Waals surface area (Å²) in [6, 6.07) is 9.27. The maximum absolute atomic E-state index is 13.0. The molecule has 1 aromatic carbocycles. The van der Waals surface area contributed by atoms with E-state index in [1.165, 1.54) is 12.7 Å². The highest BCUT2D eigenvalue weighted by molar-refractivity contribution is 5.99. The molecule has 0 spiro atoms. The lowest BCUT2D eigenvalue weighted by Gasteiger charge is -2.22. The number of aliphatic hydroxyl groups excluding tert-OH is 1. The van der Waals surface area contributed by atoms with Gasteiger partial charge in [0.25, 0.3) is 5.91 Å². The van der Waals surface area contributed by atoms with E-state index in [-0.39, 0.29) is 24.2 Å². The van der Waals surface area contributed by atoms with Crippen LogP contribution in [0.2, 0.25) is 0 Å². The van der Waals surface area contributed by atoms with E-state index < -0.39 is 0 Å². The Balaban J connectivity index is 1.95. The van der Waals surface area contributed by atoms with Crippen LogP contribution >= 0.6 is 0 Å². The topological polar surface area (TPSA) is 84.2 Å². The van der Waals surface area contributed by atoms with Crippen molar-refractivity contribution in [1.82, 2.24) is 9.88 Å². The van der Waals surface area contributed by atoms with E-state index in [9.17, 15) is 9.90 Å². The second kappa shape index (κ2) is 8.39. The number of pyridine rings is 1. The molecule has 1 atom stereocenters. The smallest absolute Gasteiger partial charge is 0.273 e. The van der Waals surface area contributed by atoms with Crippen molar-refractivity contribution in [2.24, 2.45) is 5.16 Å². The quantitative estimate of drug-likeness (QED) is 0.803. The molecule has 1 unspecified atom stereocenters. The van der Waals surface area contributed by atoms with E-state index in [4.69, 9.17) is 9.57 Å². The first-order chi connectivity index (χ1) is 13.5. The van der Waals surface area contributed by atoms with Gasteiger partial charge >= 0.3 is 0 Å². The van der Waals surface area contributed by atoms with E-state index in [1.54, 1.807) is 18.1 Å². The van der Waals surface area contributed by atoms with Crippen LogP contribution < -0.4 is 4.74 Å². The van der Waals surface area contributed by atoms with E-state index in [1.807, 2.05) is 18.2 Å².